The van der Waals surface area contributed by atoms with Gasteiger partial charge in [-0.25, -0.2) is 26.5 Å². The molecule has 1 aromatic heterocycles. The lowest BCUT2D eigenvalue weighted by Gasteiger charge is -2.44. The van der Waals surface area contributed by atoms with E-state index in [9.17, 15) is 54.3 Å². The molecule has 6 atom stereocenters. The minimum Gasteiger partial charge on any atom is -0.391 e. The molecule has 6 aromatic rings. The Kier molecular flexibility index (Phi) is 29.7. The number of carbonyl (C=O) groups excluding carboxylic acids is 4. The molecule has 4 fully saturated rings. The minimum absolute atomic E-state index is 0.00556. The van der Waals surface area contributed by atoms with Crippen LogP contribution in [0.5, 0.6) is 0 Å². The number of thiazole rings is 1. The summed E-state index contributed by atoms with van der Waals surface area (Å²) in [4.78, 5) is 72.6. The number of sulfone groups is 1. The number of allylic oxidation sites excluding steroid dienone is 1. The van der Waals surface area contributed by atoms with E-state index in [0.717, 1.165) is 148 Å². The van der Waals surface area contributed by atoms with Gasteiger partial charge in [-0.2, -0.15) is 13.2 Å². The Morgan fingerprint density at radius 1 is 0.795 bits per heavy atom. The quantitative estimate of drug-likeness (QED) is 0.0195. The highest BCUT2D eigenvalue weighted by molar-refractivity contribution is 7.99. The fraction of sp³-hybridized carbons (Fsp3) is 0.530. The summed E-state index contributed by atoms with van der Waals surface area (Å²) in [6, 6.07) is 32.2. The fourth-order valence-corrected chi connectivity index (χ4v) is 19.8. The predicted molar refractivity (Wildman–Crippen MR) is 438 cm³/mol. The van der Waals surface area contributed by atoms with Crippen molar-refractivity contribution in [1.82, 2.24) is 44.8 Å². The van der Waals surface area contributed by atoms with Gasteiger partial charge in [0.1, 0.15) is 10.9 Å². The van der Waals surface area contributed by atoms with Crippen molar-refractivity contribution in [3.63, 3.8) is 0 Å². The monoisotopic (exact) mass is 1640 g/mol. The summed E-state index contributed by atoms with van der Waals surface area (Å²) < 4.78 is 105. The van der Waals surface area contributed by atoms with Crippen molar-refractivity contribution in [1.29, 1.82) is 0 Å². The number of rotatable bonds is 32. The van der Waals surface area contributed by atoms with Crippen LogP contribution in [0.15, 0.2) is 147 Å². The Balaban J connectivity index is 0.617. The molecule has 0 saturated carbocycles. The first-order valence-corrected chi connectivity index (χ1v) is 44.5. The van der Waals surface area contributed by atoms with E-state index in [4.69, 9.17) is 16.3 Å². The van der Waals surface area contributed by atoms with E-state index >= 15 is 0 Å². The molecule has 4 amide bonds. The van der Waals surface area contributed by atoms with Crippen molar-refractivity contribution in [3.8, 4) is 10.4 Å². The van der Waals surface area contributed by atoms with Gasteiger partial charge in [-0.3, -0.25) is 29.0 Å². The molecule has 0 bridgehead atoms. The first-order chi connectivity index (χ1) is 53.4. The maximum atomic E-state index is 14.4. The van der Waals surface area contributed by atoms with Gasteiger partial charge in [0.2, 0.25) is 17.7 Å². The Bertz CT molecular complexity index is 4420. The highest BCUT2D eigenvalue weighted by Crippen LogP contribution is 2.45. The average molecular weight is 1640 g/mol. The van der Waals surface area contributed by atoms with E-state index < -0.39 is 76.4 Å². The van der Waals surface area contributed by atoms with Crippen LogP contribution in [0.1, 0.15) is 145 Å². The van der Waals surface area contributed by atoms with Crippen molar-refractivity contribution in [2.45, 2.75) is 169 Å². The molecule has 0 unspecified atom stereocenters. The molecular weight excluding hydrogens is 1530 g/mol. The Hall–Kier alpha value is -6.96. The van der Waals surface area contributed by atoms with Crippen molar-refractivity contribution < 1.29 is 59.0 Å². The molecule has 4 aliphatic heterocycles. The number of alkyl halides is 3. The predicted octanol–water partition coefficient (Wildman–Crippen LogP) is 13.0. The molecule has 29 heteroatoms. The number of amides is 4. The summed E-state index contributed by atoms with van der Waals surface area (Å²) >= 11 is 9.44. The third-order valence-corrected chi connectivity index (χ3v) is 27.5. The SMILES string of the molecule is Cc1ncsc1-c1ccc([C@H](C)NC(=O)[C@@H]2C[C@@H](O)CN2C(=O)[C@@H](NCCCCCCCC(=O)N2CCN(C[C@]3(C)CCC(c4ccc(Cl)cc4)=C(CN4CCN(c5ccc(C(=O)NS(=O)(=O)c6ccc(N[C@H](CCN7CCCOCC7)CSc7ccccc7)c(S(=O)(=O)C(F)(F)F)c6)cc5)CC4)C3)CC2)C(C)(C)C)cc1. The summed E-state index contributed by atoms with van der Waals surface area (Å²) in [7, 11) is -11.0. The first kappa shape index (κ1) is 85.9. The van der Waals surface area contributed by atoms with Crippen molar-refractivity contribution in [2.24, 2.45) is 10.8 Å². The zero-order valence-electron chi connectivity index (χ0n) is 65.1. The number of piperazine rings is 2. The van der Waals surface area contributed by atoms with Gasteiger partial charge in [0.05, 0.1) is 51.5 Å². The number of aliphatic hydroxyl groups is 1. The van der Waals surface area contributed by atoms with E-state index in [0.29, 0.717) is 88.7 Å². The molecule has 5 N–H and O–H groups in total. The number of aromatic nitrogens is 1. The average Bonchev–Trinajstić information content (AvgIpc) is 0.822. The van der Waals surface area contributed by atoms with E-state index in [1.807, 2.05) is 116 Å². The van der Waals surface area contributed by atoms with Crippen molar-refractivity contribution in [2.75, 3.05) is 127 Å². The lowest BCUT2D eigenvalue weighted by atomic mass is 9.71. The van der Waals surface area contributed by atoms with Gasteiger partial charge >= 0.3 is 5.51 Å². The van der Waals surface area contributed by atoms with Crippen LogP contribution in [0.4, 0.5) is 24.5 Å². The normalized spacial score (nSPS) is 20.3. The second kappa shape index (κ2) is 38.7. The van der Waals surface area contributed by atoms with Gasteiger partial charge in [0, 0.05) is 144 Å². The molecule has 11 rings (SSSR count). The molecule has 5 aromatic carbocycles. The summed E-state index contributed by atoms with van der Waals surface area (Å²) in [5.74, 6) is -0.980. The maximum absolute atomic E-state index is 14.4. The van der Waals surface area contributed by atoms with Crippen LogP contribution in [-0.4, -0.2) is 222 Å². The van der Waals surface area contributed by atoms with E-state index in [2.05, 4.69) is 59.6 Å². The number of ether oxygens (including phenoxy) is 1. The largest absolute Gasteiger partial charge is 0.501 e. The molecule has 5 aliphatic rings. The van der Waals surface area contributed by atoms with Crippen LogP contribution < -0.4 is 25.6 Å². The van der Waals surface area contributed by atoms with Gasteiger partial charge in [0.15, 0.2) is 0 Å². The molecule has 1 aliphatic carbocycles. The number of thioether (sulfide) groups is 1. The zero-order valence-corrected chi connectivity index (χ0v) is 69.1. The summed E-state index contributed by atoms with van der Waals surface area (Å²) in [5.41, 5.74) is 2.83. The van der Waals surface area contributed by atoms with Gasteiger partial charge in [-0.15, -0.1) is 23.1 Å². The molecule has 5 heterocycles. The van der Waals surface area contributed by atoms with Crippen molar-refractivity contribution >= 4 is 95.1 Å². The molecule has 0 radical (unpaired) electrons. The smallest absolute Gasteiger partial charge is 0.391 e. The van der Waals surface area contributed by atoms with Crippen LogP contribution in [0.25, 0.3) is 16.0 Å². The number of halogens is 4. The van der Waals surface area contributed by atoms with Crippen LogP contribution in [-0.2, 0) is 39.0 Å². The number of likely N-dealkylation sites (tertiary alicyclic amines) is 1. The molecular formula is C83H109ClF3N11O10S4. The van der Waals surface area contributed by atoms with Crippen LogP contribution in [0.2, 0.25) is 5.02 Å². The van der Waals surface area contributed by atoms with Crippen LogP contribution in [0.3, 0.4) is 0 Å². The molecule has 21 nitrogen and oxygen atoms in total. The topological polar surface area (TPSA) is 246 Å². The number of nitrogens with zero attached hydrogens (tertiary/aromatic N) is 7. The maximum Gasteiger partial charge on any atom is 0.501 e. The lowest BCUT2D eigenvalue weighted by Crippen LogP contribution is -2.56. The second-order valence-electron chi connectivity index (χ2n) is 31.9. The summed E-state index contributed by atoms with van der Waals surface area (Å²) in [6.07, 6.45) is 8.44. The first-order valence-electron chi connectivity index (χ1n) is 39.2. The molecule has 0 spiro atoms. The number of aliphatic hydroxyl groups excluding tert-OH is 1. The third-order valence-electron chi connectivity index (χ3n) is 22.3. The van der Waals surface area contributed by atoms with Gasteiger partial charge in [0.25, 0.3) is 25.8 Å². The highest BCUT2D eigenvalue weighted by Gasteiger charge is 2.49. The summed E-state index contributed by atoms with van der Waals surface area (Å²) in [6.45, 7) is 23.7. The minimum atomic E-state index is -6.11. The number of sulfonamides is 1. The standard InChI is InChI=1S/C83H109ClF3N11O10S4/c1-58(60-19-21-62(22-20-60)76-59(2)89-57-110-76)90-79(102)73-50-68(99)54-98(73)80(103)77(81(3,4)5)88-36-14-9-7-8-13-18-75(100)97-45-41-95(42-46-97)56-82(6)35-33-71(61-23-27-65(84)28-24-61)64(52-82)53-94-39-43-96(44-40-94)67-29-25-63(26-30-67)78(101)92-112(106,107)70-31-32-72(74(51-70)111(104,105)83(85,86)87)91-66(55-109-69-16-11-10-12-17-69)34-38-93-37-15-48-108-49-47-93/h10-12,16-17,19-32,51,57-58,66,68,73,77,88,91,99H,7-9,13-15,18,33-50,52-56H2,1-6H3,(H,90,102)(H,92,101)/t58-,66+,68+,73-,77+,82+/m0/s1. The molecule has 608 valence electrons. The molecule has 4 saturated heterocycles. The number of benzene rings is 5. The van der Waals surface area contributed by atoms with Gasteiger partial charge in [-0.1, -0.05) is 119 Å². The second-order valence-corrected chi connectivity index (χ2v) is 37.9. The number of carbonyl (C=O) groups is 4. The highest BCUT2D eigenvalue weighted by atomic mass is 35.5. The van der Waals surface area contributed by atoms with Crippen LogP contribution in [0, 0.1) is 17.8 Å². The number of hydrogen-bond donors (Lipinski definition) is 5. The Morgan fingerprint density at radius 3 is 2.17 bits per heavy atom. The van der Waals surface area contributed by atoms with E-state index in [1.54, 1.807) is 28.4 Å². The van der Waals surface area contributed by atoms with Gasteiger partial charge < -0.3 is 45.4 Å². The Labute approximate surface area is 672 Å². The third kappa shape index (κ3) is 23.0. The van der Waals surface area contributed by atoms with Gasteiger partial charge in [-0.05, 0) is 165 Å². The zero-order chi connectivity index (χ0) is 80.0. The number of unbranched alkanes of at least 4 members (excludes halogenated alkanes) is 4. The Morgan fingerprint density at radius 2 is 1.48 bits per heavy atom. The van der Waals surface area contributed by atoms with Crippen molar-refractivity contribution in [3.05, 3.63) is 160 Å². The fourth-order valence-electron chi connectivity index (χ4n) is 15.9. The van der Waals surface area contributed by atoms with Crippen LogP contribution >= 0.6 is 34.7 Å². The number of anilines is 2. The van der Waals surface area contributed by atoms with E-state index in [1.165, 1.54) is 40.6 Å². The number of aryl methyl sites for hydroxylation is 1. The number of hydrogen-bond acceptors (Lipinski definition) is 19. The number of nitrogens with one attached hydrogen (secondary N) is 4. The van der Waals surface area contributed by atoms with E-state index in [-0.39, 0.29) is 47.7 Å². The number of β-amino-alcohol motifs (C(OH)–C–C–N with tert-alkyl or cyclic N) is 1. The summed E-state index contributed by atoms with van der Waals surface area (Å²) in [5, 5.41) is 21.1. The molecule has 112 heavy (non-hydrogen) atoms. The lowest BCUT2D eigenvalue weighted by molar-refractivity contribution is -0.142.